The lowest BCUT2D eigenvalue weighted by Gasteiger charge is -2.06. The van der Waals surface area contributed by atoms with Gasteiger partial charge in [0.15, 0.2) is 0 Å². The molecule has 0 fully saturated rings. The first kappa shape index (κ1) is 10.3. The minimum absolute atomic E-state index is 0.0866. The predicted molar refractivity (Wildman–Crippen MR) is 61.4 cm³/mol. The number of halogens is 2. The van der Waals surface area contributed by atoms with Crippen LogP contribution in [0.5, 0.6) is 5.75 Å². The third-order valence-electron chi connectivity index (χ3n) is 1.98. The molecule has 76 valence electrons. The van der Waals surface area contributed by atoms with Crippen molar-refractivity contribution in [3.05, 3.63) is 46.7 Å². The lowest BCUT2D eigenvalue weighted by Crippen LogP contribution is -1.83. The molecule has 0 amide bonds. The Morgan fingerprint density at radius 3 is 2.33 bits per heavy atom. The van der Waals surface area contributed by atoms with Gasteiger partial charge in [0.1, 0.15) is 5.75 Å². The molecule has 0 radical (unpaired) electrons. The summed E-state index contributed by atoms with van der Waals surface area (Å²) in [5.41, 5.74) is 1.38. The largest absolute Gasteiger partial charge is 0.506 e. The summed E-state index contributed by atoms with van der Waals surface area (Å²) >= 11 is 12.0. The van der Waals surface area contributed by atoms with E-state index in [-0.39, 0.29) is 5.75 Å². The standard InChI is InChI=1S/C11H7Cl2NO/c12-9-2-1-3-10(13)11(9)7-4-8(15)6-14-5-7/h1-6,15H. The summed E-state index contributed by atoms with van der Waals surface area (Å²) in [5, 5.41) is 10.4. The third-order valence-corrected chi connectivity index (χ3v) is 2.61. The summed E-state index contributed by atoms with van der Waals surface area (Å²) in [4.78, 5) is 3.88. The molecule has 0 aliphatic heterocycles. The van der Waals surface area contributed by atoms with Crippen LogP contribution in [0.2, 0.25) is 10.0 Å². The average molecular weight is 240 g/mol. The van der Waals surface area contributed by atoms with Gasteiger partial charge in [0.25, 0.3) is 0 Å². The number of rotatable bonds is 1. The molecule has 0 aliphatic carbocycles. The Hall–Kier alpha value is -1.25. The Kier molecular flexibility index (Phi) is 2.80. The first-order valence-corrected chi connectivity index (χ1v) is 5.02. The van der Waals surface area contributed by atoms with E-state index >= 15 is 0 Å². The Morgan fingerprint density at radius 2 is 1.73 bits per heavy atom. The fraction of sp³-hybridized carbons (Fsp3) is 0. The SMILES string of the molecule is Oc1cncc(-c2c(Cl)cccc2Cl)c1. The van der Waals surface area contributed by atoms with Gasteiger partial charge in [-0.3, -0.25) is 4.98 Å². The molecule has 1 aromatic carbocycles. The van der Waals surface area contributed by atoms with Gasteiger partial charge >= 0.3 is 0 Å². The van der Waals surface area contributed by atoms with Gasteiger partial charge in [0.2, 0.25) is 0 Å². The lowest BCUT2D eigenvalue weighted by molar-refractivity contribution is 0.473. The number of hydrogen-bond donors (Lipinski definition) is 1. The lowest BCUT2D eigenvalue weighted by atomic mass is 10.1. The van der Waals surface area contributed by atoms with Crippen LogP contribution in [-0.4, -0.2) is 10.1 Å². The highest BCUT2D eigenvalue weighted by atomic mass is 35.5. The molecule has 1 N–H and O–H groups in total. The van der Waals surface area contributed by atoms with Gasteiger partial charge in [-0.2, -0.15) is 0 Å². The number of aromatic hydroxyl groups is 1. The molecule has 0 spiro atoms. The summed E-state index contributed by atoms with van der Waals surface area (Å²) < 4.78 is 0. The molecule has 0 aliphatic rings. The molecule has 1 aromatic heterocycles. The molecular formula is C11H7Cl2NO. The zero-order valence-corrected chi connectivity index (χ0v) is 9.13. The van der Waals surface area contributed by atoms with E-state index in [0.29, 0.717) is 21.2 Å². The average Bonchev–Trinajstić information content (AvgIpc) is 2.17. The molecule has 0 saturated heterocycles. The van der Waals surface area contributed by atoms with Crippen LogP contribution in [0.25, 0.3) is 11.1 Å². The van der Waals surface area contributed by atoms with Gasteiger partial charge in [-0.1, -0.05) is 29.3 Å². The van der Waals surface area contributed by atoms with Crippen LogP contribution in [-0.2, 0) is 0 Å². The Morgan fingerprint density at radius 1 is 1.07 bits per heavy atom. The van der Waals surface area contributed by atoms with E-state index < -0.39 is 0 Å². The number of hydrogen-bond acceptors (Lipinski definition) is 2. The van der Waals surface area contributed by atoms with Crippen molar-refractivity contribution in [3.8, 4) is 16.9 Å². The monoisotopic (exact) mass is 239 g/mol. The Balaban J connectivity index is 2.63. The summed E-state index contributed by atoms with van der Waals surface area (Å²) in [6.07, 6.45) is 2.96. The maximum atomic E-state index is 9.31. The fourth-order valence-corrected chi connectivity index (χ4v) is 1.95. The van der Waals surface area contributed by atoms with Crippen LogP contribution in [0.1, 0.15) is 0 Å². The fourth-order valence-electron chi connectivity index (χ4n) is 1.34. The van der Waals surface area contributed by atoms with Crippen molar-refractivity contribution >= 4 is 23.2 Å². The van der Waals surface area contributed by atoms with Gasteiger partial charge in [0.05, 0.1) is 6.20 Å². The van der Waals surface area contributed by atoms with E-state index in [1.807, 2.05) is 0 Å². The minimum atomic E-state index is 0.0866. The first-order valence-electron chi connectivity index (χ1n) is 4.27. The van der Waals surface area contributed by atoms with Crippen LogP contribution in [0.4, 0.5) is 0 Å². The van der Waals surface area contributed by atoms with Gasteiger partial charge in [-0.15, -0.1) is 0 Å². The van der Waals surface area contributed by atoms with Gasteiger partial charge in [-0.05, 0) is 18.2 Å². The normalized spacial score (nSPS) is 10.3. The predicted octanol–water partition coefficient (Wildman–Crippen LogP) is 3.76. The molecule has 0 bridgehead atoms. The topological polar surface area (TPSA) is 33.1 Å². The van der Waals surface area contributed by atoms with E-state index in [9.17, 15) is 5.11 Å². The Labute approximate surface area is 97.1 Å². The molecular weight excluding hydrogens is 233 g/mol. The minimum Gasteiger partial charge on any atom is -0.506 e. The van der Waals surface area contributed by atoms with E-state index in [1.165, 1.54) is 6.20 Å². The van der Waals surface area contributed by atoms with Crippen LogP contribution >= 0.6 is 23.2 Å². The van der Waals surface area contributed by atoms with Gasteiger partial charge < -0.3 is 5.11 Å². The van der Waals surface area contributed by atoms with Crippen molar-refractivity contribution in [1.29, 1.82) is 0 Å². The zero-order chi connectivity index (χ0) is 10.8. The van der Waals surface area contributed by atoms with Crippen LogP contribution < -0.4 is 0 Å². The summed E-state index contributed by atoms with van der Waals surface area (Å²) in [6.45, 7) is 0. The maximum absolute atomic E-state index is 9.31. The Bertz CT molecular complexity index is 479. The van der Waals surface area contributed by atoms with Crippen LogP contribution in [0.15, 0.2) is 36.7 Å². The second-order valence-electron chi connectivity index (χ2n) is 3.03. The maximum Gasteiger partial charge on any atom is 0.134 e. The third kappa shape index (κ3) is 2.06. The number of aromatic nitrogens is 1. The highest BCUT2D eigenvalue weighted by Crippen LogP contribution is 2.34. The van der Waals surface area contributed by atoms with E-state index in [4.69, 9.17) is 23.2 Å². The molecule has 2 aromatic rings. The zero-order valence-electron chi connectivity index (χ0n) is 7.61. The molecule has 2 rings (SSSR count). The quantitative estimate of drug-likeness (QED) is 0.823. The van der Waals surface area contributed by atoms with E-state index in [0.717, 1.165) is 0 Å². The van der Waals surface area contributed by atoms with Crippen molar-refractivity contribution in [2.75, 3.05) is 0 Å². The van der Waals surface area contributed by atoms with Crippen molar-refractivity contribution < 1.29 is 5.11 Å². The molecule has 15 heavy (non-hydrogen) atoms. The molecule has 0 atom stereocenters. The van der Waals surface area contributed by atoms with E-state index in [2.05, 4.69) is 4.98 Å². The molecule has 1 heterocycles. The second kappa shape index (κ2) is 4.09. The number of benzene rings is 1. The molecule has 4 heteroatoms. The smallest absolute Gasteiger partial charge is 0.134 e. The number of pyridine rings is 1. The van der Waals surface area contributed by atoms with E-state index in [1.54, 1.807) is 30.5 Å². The van der Waals surface area contributed by atoms with Crippen molar-refractivity contribution in [1.82, 2.24) is 4.98 Å². The molecule has 2 nitrogen and oxygen atoms in total. The summed E-state index contributed by atoms with van der Waals surface area (Å²) in [6, 6.07) is 6.82. The molecule has 0 unspecified atom stereocenters. The molecule has 0 saturated carbocycles. The van der Waals surface area contributed by atoms with Gasteiger partial charge in [-0.25, -0.2) is 0 Å². The second-order valence-corrected chi connectivity index (χ2v) is 3.84. The summed E-state index contributed by atoms with van der Waals surface area (Å²) in [7, 11) is 0. The highest BCUT2D eigenvalue weighted by Gasteiger charge is 2.08. The van der Waals surface area contributed by atoms with Crippen molar-refractivity contribution in [2.45, 2.75) is 0 Å². The highest BCUT2D eigenvalue weighted by molar-refractivity contribution is 6.39. The van der Waals surface area contributed by atoms with Crippen molar-refractivity contribution in [2.24, 2.45) is 0 Å². The number of nitrogens with zero attached hydrogens (tertiary/aromatic N) is 1. The van der Waals surface area contributed by atoms with Crippen LogP contribution in [0, 0.1) is 0 Å². The summed E-state index contributed by atoms with van der Waals surface area (Å²) in [5.74, 6) is 0.0866. The van der Waals surface area contributed by atoms with Crippen LogP contribution in [0.3, 0.4) is 0 Å². The van der Waals surface area contributed by atoms with Gasteiger partial charge in [0, 0.05) is 27.4 Å². The van der Waals surface area contributed by atoms with Crippen molar-refractivity contribution in [3.63, 3.8) is 0 Å². The first-order chi connectivity index (χ1) is 7.18.